The highest BCUT2D eigenvalue weighted by Crippen LogP contribution is 2.31. The Morgan fingerprint density at radius 1 is 1.45 bits per heavy atom. The number of nitrogens with zero attached hydrogens (tertiary/aromatic N) is 1. The number of ether oxygens (including phenoxy) is 1. The molecule has 4 nitrogen and oxygen atoms in total. The van der Waals surface area contributed by atoms with Gasteiger partial charge in [-0.05, 0) is 31.4 Å². The van der Waals surface area contributed by atoms with Gasteiger partial charge in [-0.2, -0.15) is 0 Å². The molecule has 1 aromatic rings. The van der Waals surface area contributed by atoms with Crippen LogP contribution >= 0.6 is 0 Å². The van der Waals surface area contributed by atoms with Crippen LogP contribution in [-0.2, 0) is 4.74 Å². The molecular weight excluding hydrogens is 259 g/mol. The zero-order chi connectivity index (χ0) is 14.5. The maximum absolute atomic E-state index is 14.1. The number of hydrogen-bond donors (Lipinski definition) is 2. The Morgan fingerprint density at radius 3 is 2.75 bits per heavy atom. The predicted octanol–water partition coefficient (Wildman–Crippen LogP) is 1.82. The summed E-state index contributed by atoms with van der Waals surface area (Å²) in [6.45, 7) is 3.78. The van der Waals surface area contributed by atoms with E-state index in [1.54, 1.807) is 6.07 Å². The van der Waals surface area contributed by atoms with Gasteiger partial charge in [-0.15, -0.1) is 0 Å². The number of benzene rings is 1. The average molecular weight is 282 g/mol. The highest BCUT2D eigenvalue weighted by molar-refractivity contribution is 5.56. The van der Waals surface area contributed by atoms with Gasteiger partial charge < -0.3 is 20.5 Å². The Labute approximate surface area is 119 Å². The lowest BCUT2D eigenvalue weighted by Gasteiger charge is -2.35. The summed E-state index contributed by atoms with van der Waals surface area (Å²) in [5.41, 5.74) is 7.41. The molecule has 112 valence electrons. The third-order valence-corrected chi connectivity index (χ3v) is 3.71. The topological polar surface area (TPSA) is 58.7 Å². The lowest BCUT2D eigenvalue weighted by molar-refractivity contribution is 0.0158. The molecule has 0 aliphatic carbocycles. The molecule has 1 aliphatic heterocycles. The van der Waals surface area contributed by atoms with Crippen LogP contribution in [0.3, 0.4) is 0 Å². The summed E-state index contributed by atoms with van der Waals surface area (Å²) >= 11 is 0. The van der Waals surface area contributed by atoms with E-state index in [0.717, 1.165) is 31.5 Å². The summed E-state index contributed by atoms with van der Waals surface area (Å²) in [7, 11) is 0. The molecule has 1 aliphatic rings. The second-order valence-corrected chi connectivity index (χ2v) is 5.25. The Hall–Kier alpha value is -1.17. The molecule has 5 heteroatoms. The molecule has 0 aromatic heterocycles. The first-order chi connectivity index (χ1) is 9.63. The van der Waals surface area contributed by atoms with E-state index in [1.807, 2.05) is 17.9 Å². The quantitative estimate of drug-likeness (QED) is 0.865. The van der Waals surface area contributed by atoms with E-state index < -0.39 is 0 Å². The van der Waals surface area contributed by atoms with E-state index >= 15 is 0 Å². The van der Waals surface area contributed by atoms with Gasteiger partial charge in [0, 0.05) is 19.1 Å². The minimum Gasteiger partial charge on any atom is -0.394 e. The number of halogens is 1. The van der Waals surface area contributed by atoms with Crippen molar-refractivity contribution in [2.75, 3.05) is 31.2 Å². The van der Waals surface area contributed by atoms with Crippen LogP contribution in [0.5, 0.6) is 0 Å². The zero-order valence-corrected chi connectivity index (χ0v) is 11.9. The fourth-order valence-electron chi connectivity index (χ4n) is 2.70. The third kappa shape index (κ3) is 3.48. The fraction of sp³-hybridized carbons (Fsp3) is 0.600. The van der Waals surface area contributed by atoms with Crippen LogP contribution in [0.4, 0.5) is 10.1 Å². The van der Waals surface area contributed by atoms with Gasteiger partial charge in [0.1, 0.15) is 5.82 Å². The lowest BCUT2D eigenvalue weighted by Crippen LogP contribution is -2.38. The van der Waals surface area contributed by atoms with Crippen molar-refractivity contribution in [2.24, 2.45) is 5.73 Å². The van der Waals surface area contributed by atoms with Crippen LogP contribution < -0.4 is 10.6 Å². The Balaban J connectivity index is 2.07. The number of anilines is 1. The number of aliphatic hydroxyl groups excluding tert-OH is 1. The number of nitrogens with two attached hydrogens (primary N) is 1. The molecule has 1 saturated heterocycles. The first-order valence-corrected chi connectivity index (χ1v) is 7.15. The van der Waals surface area contributed by atoms with Gasteiger partial charge >= 0.3 is 0 Å². The SMILES string of the molecule is C[C@@H](N)c1cccc(F)c1N1CCC(OCCO)CC1. The summed E-state index contributed by atoms with van der Waals surface area (Å²) in [5.74, 6) is -0.213. The highest BCUT2D eigenvalue weighted by atomic mass is 19.1. The van der Waals surface area contributed by atoms with Crippen molar-refractivity contribution in [3.05, 3.63) is 29.6 Å². The van der Waals surface area contributed by atoms with E-state index in [1.165, 1.54) is 6.07 Å². The largest absolute Gasteiger partial charge is 0.394 e. The molecule has 3 N–H and O–H groups in total. The fourth-order valence-corrected chi connectivity index (χ4v) is 2.70. The summed E-state index contributed by atoms with van der Waals surface area (Å²) in [4.78, 5) is 2.05. The molecule has 0 saturated carbocycles. The highest BCUT2D eigenvalue weighted by Gasteiger charge is 2.24. The lowest BCUT2D eigenvalue weighted by atomic mass is 10.0. The molecule has 0 bridgehead atoms. The van der Waals surface area contributed by atoms with E-state index in [4.69, 9.17) is 15.6 Å². The molecule has 0 spiro atoms. The van der Waals surface area contributed by atoms with Crippen molar-refractivity contribution < 1.29 is 14.2 Å². The minimum absolute atomic E-state index is 0.0440. The number of piperidine rings is 1. The maximum atomic E-state index is 14.1. The maximum Gasteiger partial charge on any atom is 0.146 e. The van der Waals surface area contributed by atoms with Crippen molar-refractivity contribution in [3.8, 4) is 0 Å². The summed E-state index contributed by atoms with van der Waals surface area (Å²) < 4.78 is 19.7. The Morgan fingerprint density at radius 2 is 2.15 bits per heavy atom. The number of hydrogen-bond acceptors (Lipinski definition) is 4. The van der Waals surface area contributed by atoms with Crippen LogP contribution in [0, 0.1) is 5.82 Å². The molecular formula is C15H23FN2O2. The van der Waals surface area contributed by atoms with Crippen molar-refractivity contribution in [2.45, 2.75) is 31.9 Å². The number of aliphatic hydroxyl groups is 1. The van der Waals surface area contributed by atoms with Crippen molar-refractivity contribution in [1.29, 1.82) is 0 Å². The van der Waals surface area contributed by atoms with Crippen LogP contribution in [-0.4, -0.2) is 37.5 Å². The Kier molecular flexibility index (Phi) is 5.34. The molecule has 20 heavy (non-hydrogen) atoms. The molecule has 1 heterocycles. The normalized spacial score (nSPS) is 18.3. The van der Waals surface area contributed by atoms with Crippen molar-refractivity contribution >= 4 is 5.69 Å². The van der Waals surface area contributed by atoms with Gasteiger partial charge in [-0.3, -0.25) is 0 Å². The second kappa shape index (κ2) is 7.02. The van der Waals surface area contributed by atoms with E-state index in [2.05, 4.69) is 0 Å². The van der Waals surface area contributed by atoms with Gasteiger partial charge in [0.2, 0.25) is 0 Å². The smallest absolute Gasteiger partial charge is 0.146 e. The zero-order valence-electron chi connectivity index (χ0n) is 11.9. The van der Waals surface area contributed by atoms with Crippen LogP contribution in [0.2, 0.25) is 0 Å². The van der Waals surface area contributed by atoms with Gasteiger partial charge in [0.15, 0.2) is 0 Å². The minimum atomic E-state index is -0.213. The molecule has 2 rings (SSSR count). The molecule has 0 unspecified atom stereocenters. The molecule has 1 fully saturated rings. The van der Waals surface area contributed by atoms with Gasteiger partial charge in [-0.1, -0.05) is 12.1 Å². The average Bonchev–Trinajstić information content (AvgIpc) is 2.45. The standard InChI is InChI=1S/C15H23FN2O2/c1-11(17)13-3-2-4-14(16)15(13)18-7-5-12(6-8-18)20-10-9-19/h2-4,11-12,19H,5-10,17H2,1H3/t11-/m1/s1. The van der Waals surface area contributed by atoms with Crippen LogP contribution in [0.15, 0.2) is 18.2 Å². The van der Waals surface area contributed by atoms with E-state index in [9.17, 15) is 4.39 Å². The van der Waals surface area contributed by atoms with E-state index in [0.29, 0.717) is 12.3 Å². The molecule has 0 radical (unpaired) electrons. The first kappa shape index (κ1) is 15.2. The second-order valence-electron chi connectivity index (χ2n) is 5.25. The summed E-state index contributed by atoms with van der Waals surface area (Å²) in [6, 6.07) is 4.88. The molecule has 1 atom stereocenters. The van der Waals surface area contributed by atoms with Gasteiger partial charge in [0.25, 0.3) is 0 Å². The van der Waals surface area contributed by atoms with Crippen molar-refractivity contribution in [1.82, 2.24) is 0 Å². The summed E-state index contributed by atoms with van der Waals surface area (Å²) in [6.07, 6.45) is 1.84. The van der Waals surface area contributed by atoms with Gasteiger partial charge in [0.05, 0.1) is 25.0 Å². The first-order valence-electron chi connectivity index (χ1n) is 7.15. The van der Waals surface area contributed by atoms with E-state index in [-0.39, 0.29) is 24.6 Å². The number of para-hydroxylation sites is 1. The third-order valence-electron chi connectivity index (χ3n) is 3.71. The van der Waals surface area contributed by atoms with Crippen LogP contribution in [0.1, 0.15) is 31.4 Å². The predicted molar refractivity (Wildman–Crippen MR) is 77.3 cm³/mol. The number of rotatable bonds is 5. The molecule has 0 amide bonds. The molecule has 1 aromatic carbocycles. The Bertz CT molecular complexity index is 432. The van der Waals surface area contributed by atoms with Crippen molar-refractivity contribution in [3.63, 3.8) is 0 Å². The van der Waals surface area contributed by atoms with Gasteiger partial charge in [-0.25, -0.2) is 4.39 Å². The van der Waals surface area contributed by atoms with Crippen LogP contribution in [0.25, 0.3) is 0 Å². The summed E-state index contributed by atoms with van der Waals surface area (Å²) in [5, 5.41) is 8.76. The monoisotopic (exact) mass is 282 g/mol.